The van der Waals surface area contributed by atoms with Gasteiger partial charge in [-0.2, -0.15) is 4.72 Å². The predicted octanol–water partition coefficient (Wildman–Crippen LogP) is 4.59. The molecule has 9 heteroatoms. The Balaban J connectivity index is 0.000000202. The van der Waals surface area contributed by atoms with E-state index in [9.17, 15) is 23.1 Å². The van der Waals surface area contributed by atoms with Gasteiger partial charge in [0.1, 0.15) is 6.04 Å². The molecule has 198 valence electrons. The Bertz CT molecular complexity index is 1680. The number of hydrogen-bond donors (Lipinski definition) is 4. The minimum absolute atomic E-state index is 0.0372. The van der Waals surface area contributed by atoms with Crippen LogP contribution in [-0.4, -0.2) is 36.4 Å². The molecule has 1 atom stereocenters. The fourth-order valence-electron chi connectivity index (χ4n) is 4.12. The minimum Gasteiger partial charge on any atom is -0.480 e. The van der Waals surface area contributed by atoms with Crippen LogP contribution in [0.25, 0.3) is 22.0 Å². The van der Waals surface area contributed by atoms with E-state index in [2.05, 4.69) is 9.71 Å². The second-order valence-electron chi connectivity index (χ2n) is 8.66. The fraction of sp³-hybridized carbons (Fsp3) is 0.0667. The Kier molecular flexibility index (Phi) is 8.55. The quantitative estimate of drug-likeness (QED) is 0.227. The summed E-state index contributed by atoms with van der Waals surface area (Å²) in [4.78, 5) is 25.8. The summed E-state index contributed by atoms with van der Waals surface area (Å²) in [6, 6.07) is 31.0. The van der Waals surface area contributed by atoms with Crippen molar-refractivity contribution in [2.45, 2.75) is 17.4 Å². The molecule has 0 spiro atoms. The maximum Gasteiger partial charge on any atom is 0.322 e. The monoisotopic (exact) mass is 541 g/mol. The first-order chi connectivity index (χ1) is 18.8. The second-order valence-corrected chi connectivity index (χ2v) is 10.4. The normalized spacial score (nSPS) is 11.8. The van der Waals surface area contributed by atoms with Crippen LogP contribution in [0.3, 0.4) is 0 Å². The molecule has 0 radical (unpaired) electrons. The molecule has 5 rings (SSSR count). The smallest absolute Gasteiger partial charge is 0.322 e. The van der Waals surface area contributed by atoms with E-state index in [1.54, 1.807) is 30.5 Å². The summed E-state index contributed by atoms with van der Waals surface area (Å²) in [7, 11) is -3.90. The molecule has 0 unspecified atom stereocenters. The lowest BCUT2D eigenvalue weighted by molar-refractivity contribution is -0.138. The van der Waals surface area contributed by atoms with E-state index < -0.39 is 27.9 Å². The SMILES string of the molecule is NC(=O)c1ccccc1-c1ccccc1.O=C(O)[C@H](Cc1c[nH]c2ccccc12)NS(=O)(=O)c1ccccc1. The lowest BCUT2D eigenvalue weighted by Gasteiger charge is -2.14. The summed E-state index contributed by atoms with van der Waals surface area (Å²) in [6.07, 6.45) is 1.75. The molecule has 0 aliphatic rings. The van der Waals surface area contributed by atoms with Gasteiger partial charge in [-0.3, -0.25) is 9.59 Å². The van der Waals surface area contributed by atoms with E-state index in [-0.39, 0.29) is 11.3 Å². The van der Waals surface area contributed by atoms with E-state index in [1.165, 1.54) is 12.1 Å². The number of aromatic nitrogens is 1. The number of nitrogens with one attached hydrogen (secondary N) is 2. The van der Waals surface area contributed by atoms with E-state index in [0.29, 0.717) is 5.56 Å². The molecule has 0 bridgehead atoms. The van der Waals surface area contributed by atoms with E-state index in [4.69, 9.17) is 5.73 Å². The molecule has 0 saturated carbocycles. The largest absolute Gasteiger partial charge is 0.480 e. The van der Waals surface area contributed by atoms with Crippen LogP contribution in [0.15, 0.2) is 120 Å². The summed E-state index contributed by atoms with van der Waals surface area (Å²) in [5.41, 5.74) is 9.38. The van der Waals surface area contributed by atoms with Gasteiger partial charge in [0.25, 0.3) is 0 Å². The zero-order chi connectivity index (χ0) is 27.8. The lowest BCUT2D eigenvalue weighted by Crippen LogP contribution is -2.42. The molecule has 5 aromatic rings. The molecule has 5 N–H and O–H groups in total. The predicted molar refractivity (Wildman–Crippen MR) is 151 cm³/mol. The van der Waals surface area contributed by atoms with Crippen LogP contribution in [0.5, 0.6) is 0 Å². The number of carboxylic acids is 1. The van der Waals surface area contributed by atoms with Crippen LogP contribution >= 0.6 is 0 Å². The van der Waals surface area contributed by atoms with Crippen molar-refractivity contribution in [2.75, 3.05) is 0 Å². The average molecular weight is 542 g/mol. The first kappa shape index (κ1) is 27.3. The van der Waals surface area contributed by atoms with Gasteiger partial charge in [0, 0.05) is 29.1 Å². The van der Waals surface area contributed by atoms with Gasteiger partial charge >= 0.3 is 5.97 Å². The van der Waals surface area contributed by atoms with Crippen LogP contribution in [0.4, 0.5) is 0 Å². The van der Waals surface area contributed by atoms with Gasteiger partial charge in [0.05, 0.1) is 4.90 Å². The van der Waals surface area contributed by atoms with Gasteiger partial charge in [0.15, 0.2) is 0 Å². The third kappa shape index (κ3) is 6.78. The first-order valence-corrected chi connectivity index (χ1v) is 13.5. The number of fused-ring (bicyclic) bond motifs is 1. The molecule has 1 aromatic heterocycles. The number of carbonyl (C=O) groups excluding carboxylic acids is 1. The molecule has 4 aromatic carbocycles. The highest BCUT2D eigenvalue weighted by atomic mass is 32.2. The van der Waals surface area contributed by atoms with Crippen LogP contribution in [0.1, 0.15) is 15.9 Å². The summed E-state index contributed by atoms with van der Waals surface area (Å²) >= 11 is 0. The molecule has 0 aliphatic carbocycles. The minimum atomic E-state index is -3.90. The van der Waals surface area contributed by atoms with Crippen molar-refractivity contribution in [1.82, 2.24) is 9.71 Å². The van der Waals surface area contributed by atoms with E-state index >= 15 is 0 Å². The van der Waals surface area contributed by atoms with Gasteiger partial charge in [0.2, 0.25) is 15.9 Å². The number of para-hydroxylation sites is 1. The van der Waals surface area contributed by atoms with Crippen molar-refractivity contribution in [1.29, 1.82) is 0 Å². The van der Waals surface area contributed by atoms with E-state index in [1.807, 2.05) is 72.8 Å². The molecule has 1 amide bonds. The van der Waals surface area contributed by atoms with Gasteiger partial charge in [-0.05, 0) is 41.0 Å². The number of H-pyrrole nitrogens is 1. The Morgan fingerprint density at radius 2 is 1.41 bits per heavy atom. The number of rotatable bonds is 8. The summed E-state index contributed by atoms with van der Waals surface area (Å²) in [5, 5.41) is 10.3. The summed E-state index contributed by atoms with van der Waals surface area (Å²) in [6.45, 7) is 0. The number of aliphatic carboxylic acids is 1. The molecule has 0 fully saturated rings. The van der Waals surface area contributed by atoms with Gasteiger partial charge < -0.3 is 15.8 Å². The number of nitrogens with two attached hydrogens (primary N) is 1. The Labute approximate surface area is 226 Å². The number of amides is 1. The Hall–Kier alpha value is -4.73. The first-order valence-electron chi connectivity index (χ1n) is 12.1. The van der Waals surface area contributed by atoms with Crippen molar-refractivity contribution in [2.24, 2.45) is 5.73 Å². The van der Waals surface area contributed by atoms with Crippen molar-refractivity contribution in [3.8, 4) is 11.1 Å². The molecule has 1 heterocycles. The highest BCUT2D eigenvalue weighted by Gasteiger charge is 2.26. The molecule has 8 nitrogen and oxygen atoms in total. The van der Waals surface area contributed by atoms with Crippen molar-refractivity contribution in [3.63, 3.8) is 0 Å². The molecule has 39 heavy (non-hydrogen) atoms. The molecule has 0 saturated heterocycles. The Morgan fingerprint density at radius 1 is 0.821 bits per heavy atom. The third-order valence-electron chi connectivity index (χ3n) is 6.03. The molecular weight excluding hydrogens is 514 g/mol. The zero-order valence-corrected chi connectivity index (χ0v) is 21.6. The zero-order valence-electron chi connectivity index (χ0n) is 20.8. The highest BCUT2D eigenvalue weighted by molar-refractivity contribution is 7.89. The maximum absolute atomic E-state index is 12.4. The van der Waals surface area contributed by atoms with Crippen LogP contribution < -0.4 is 10.5 Å². The number of carbonyl (C=O) groups is 2. The van der Waals surface area contributed by atoms with E-state index in [0.717, 1.165) is 27.6 Å². The Morgan fingerprint density at radius 3 is 2.08 bits per heavy atom. The third-order valence-corrected chi connectivity index (χ3v) is 7.51. The van der Waals surface area contributed by atoms with Gasteiger partial charge in [-0.25, -0.2) is 8.42 Å². The van der Waals surface area contributed by atoms with Crippen LogP contribution in [0.2, 0.25) is 0 Å². The van der Waals surface area contributed by atoms with Crippen LogP contribution in [0, 0.1) is 0 Å². The number of sulfonamides is 1. The number of benzene rings is 4. The van der Waals surface area contributed by atoms with Gasteiger partial charge in [-0.15, -0.1) is 0 Å². The standard InChI is InChI=1S/C17H16N2O4S.C13H11NO/c20-17(21)16(19-24(22,23)13-6-2-1-3-7-13)10-12-11-18-15-9-5-4-8-14(12)15;14-13(15)12-9-5-4-8-11(12)10-6-2-1-3-7-10/h1-9,11,16,18-19H,10H2,(H,20,21);1-9H,(H2,14,15)/t16-;/m0./s1. The molecular formula is C30H27N3O5S. The summed E-state index contributed by atoms with van der Waals surface area (Å²) in [5.74, 6) is -1.62. The average Bonchev–Trinajstić information content (AvgIpc) is 3.36. The summed E-state index contributed by atoms with van der Waals surface area (Å²) < 4.78 is 27.0. The van der Waals surface area contributed by atoms with Gasteiger partial charge in [-0.1, -0.05) is 84.9 Å². The lowest BCUT2D eigenvalue weighted by atomic mass is 9.99. The second kappa shape index (κ2) is 12.2. The number of carboxylic acid groups (broad SMARTS) is 1. The fourth-order valence-corrected chi connectivity index (χ4v) is 5.33. The highest BCUT2D eigenvalue weighted by Crippen LogP contribution is 2.23. The topological polar surface area (TPSA) is 142 Å². The van der Waals surface area contributed by atoms with Crippen molar-refractivity contribution >= 4 is 32.8 Å². The number of hydrogen-bond acceptors (Lipinski definition) is 4. The number of primary amides is 1. The maximum atomic E-state index is 12.4. The van der Waals surface area contributed by atoms with Crippen LogP contribution in [-0.2, 0) is 21.2 Å². The van der Waals surface area contributed by atoms with Crippen molar-refractivity contribution in [3.05, 3.63) is 127 Å². The van der Waals surface area contributed by atoms with Crippen molar-refractivity contribution < 1.29 is 23.1 Å². The number of aromatic amines is 1. The molecule has 0 aliphatic heterocycles.